The van der Waals surface area contributed by atoms with Gasteiger partial charge in [0, 0.05) is 5.56 Å². The van der Waals surface area contributed by atoms with Crippen LogP contribution in [0.2, 0.25) is 5.02 Å². The minimum atomic E-state index is -0.143. The SMILES string of the molecule is CC(=O)c1cc(Cl)c2c(c1)NC(=O)CCO2. The van der Waals surface area contributed by atoms with Crippen LogP contribution in [0.1, 0.15) is 23.7 Å². The summed E-state index contributed by atoms with van der Waals surface area (Å²) < 4.78 is 5.36. The van der Waals surface area contributed by atoms with Gasteiger partial charge in [0.2, 0.25) is 5.91 Å². The second-order valence-corrected chi connectivity index (χ2v) is 3.94. The van der Waals surface area contributed by atoms with Gasteiger partial charge in [-0.05, 0) is 19.1 Å². The van der Waals surface area contributed by atoms with Crippen LogP contribution in [0.4, 0.5) is 5.69 Å². The molecule has 5 heteroatoms. The number of nitrogens with one attached hydrogen (secondary N) is 1. The molecule has 4 nitrogen and oxygen atoms in total. The molecule has 0 bridgehead atoms. The first-order chi connectivity index (χ1) is 7.58. The van der Waals surface area contributed by atoms with Crippen LogP contribution in [0.25, 0.3) is 0 Å². The van der Waals surface area contributed by atoms with Gasteiger partial charge in [0.15, 0.2) is 11.5 Å². The highest BCUT2D eigenvalue weighted by atomic mass is 35.5. The van der Waals surface area contributed by atoms with Crippen molar-refractivity contribution in [3.63, 3.8) is 0 Å². The van der Waals surface area contributed by atoms with E-state index in [9.17, 15) is 9.59 Å². The van der Waals surface area contributed by atoms with E-state index in [4.69, 9.17) is 16.3 Å². The molecule has 0 spiro atoms. The number of anilines is 1. The monoisotopic (exact) mass is 239 g/mol. The zero-order valence-electron chi connectivity index (χ0n) is 8.67. The fraction of sp³-hybridized carbons (Fsp3) is 0.273. The largest absolute Gasteiger partial charge is 0.489 e. The van der Waals surface area contributed by atoms with Gasteiger partial charge in [-0.25, -0.2) is 0 Å². The first kappa shape index (κ1) is 11.0. The fourth-order valence-electron chi connectivity index (χ4n) is 1.49. The molecule has 1 aliphatic heterocycles. The van der Waals surface area contributed by atoms with Gasteiger partial charge in [-0.2, -0.15) is 0 Å². The topological polar surface area (TPSA) is 55.4 Å². The first-order valence-corrected chi connectivity index (χ1v) is 5.23. The molecule has 1 N–H and O–H groups in total. The minimum Gasteiger partial charge on any atom is -0.489 e. The number of ketones is 1. The maximum Gasteiger partial charge on any atom is 0.227 e. The molecule has 1 amide bonds. The average molecular weight is 240 g/mol. The molecular weight excluding hydrogens is 230 g/mol. The molecule has 1 aromatic carbocycles. The van der Waals surface area contributed by atoms with Crippen molar-refractivity contribution in [3.8, 4) is 5.75 Å². The molecule has 0 saturated heterocycles. The minimum absolute atomic E-state index is 0.108. The Labute approximate surface area is 97.5 Å². The number of fused-ring (bicyclic) bond motifs is 1. The maximum atomic E-state index is 11.3. The molecule has 84 valence electrons. The Morgan fingerprint density at radius 3 is 2.94 bits per heavy atom. The predicted molar refractivity (Wildman–Crippen MR) is 60.2 cm³/mol. The van der Waals surface area contributed by atoms with Crippen LogP contribution in [0.15, 0.2) is 12.1 Å². The Morgan fingerprint density at radius 1 is 1.50 bits per heavy atom. The Kier molecular flexibility index (Phi) is 2.83. The average Bonchev–Trinajstić information content (AvgIpc) is 2.38. The molecule has 0 saturated carbocycles. The number of hydrogen-bond acceptors (Lipinski definition) is 3. The summed E-state index contributed by atoms with van der Waals surface area (Å²) in [7, 11) is 0. The molecule has 0 unspecified atom stereocenters. The Morgan fingerprint density at radius 2 is 2.25 bits per heavy atom. The van der Waals surface area contributed by atoms with Crippen molar-refractivity contribution in [2.24, 2.45) is 0 Å². The highest BCUT2D eigenvalue weighted by Gasteiger charge is 2.18. The Balaban J connectivity index is 2.52. The lowest BCUT2D eigenvalue weighted by molar-refractivity contribution is -0.116. The number of carbonyl (C=O) groups excluding carboxylic acids is 2. The van der Waals surface area contributed by atoms with Crippen molar-refractivity contribution in [3.05, 3.63) is 22.7 Å². The van der Waals surface area contributed by atoms with Gasteiger partial charge in [0.05, 0.1) is 23.7 Å². The molecule has 16 heavy (non-hydrogen) atoms. The van der Waals surface area contributed by atoms with Crippen LogP contribution < -0.4 is 10.1 Å². The van der Waals surface area contributed by atoms with Gasteiger partial charge in [0.25, 0.3) is 0 Å². The first-order valence-electron chi connectivity index (χ1n) is 4.85. The van der Waals surface area contributed by atoms with Gasteiger partial charge in [-0.3, -0.25) is 9.59 Å². The van der Waals surface area contributed by atoms with Crippen molar-refractivity contribution in [2.45, 2.75) is 13.3 Å². The Hall–Kier alpha value is -1.55. The van der Waals surface area contributed by atoms with Crippen molar-refractivity contribution in [1.29, 1.82) is 0 Å². The predicted octanol–water partition coefficient (Wildman–Crippen LogP) is 2.26. The van der Waals surface area contributed by atoms with Gasteiger partial charge in [0.1, 0.15) is 0 Å². The number of rotatable bonds is 1. The van der Waals surface area contributed by atoms with E-state index in [1.165, 1.54) is 6.92 Å². The van der Waals surface area contributed by atoms with E-state index >= 15 is 0 Å². The molecule has 2 rings (SSSR count). The second-order valence-electron chi connectivity index (χ2n) is 3.54. The molecule has 1 aliphatic rings. The zero-order valence-corrected chi connectivity index (χ0v) is 9.43. The van der Waals surface area contributed by atoms with Crippen LogP contribution in [-0.4, -0.2) is 18.3 Å². The molecule has 0 aromatic heterocycles. The van der Waals surface area contributed by atoms with Gasteiger partial charge in [-0.15, -0.1) is 0 Å². The van der Waals surface area contributed by atoms with Crippen molar-refractivity contribution < 1.29 is 14.3 Å². The summed E-state index contributed by atoms with van der Waals surface area (Å²) >= 11 is 5.98. The molecule has 0 atom stereocenters. The summed E-state index contributed by atoms with van der Waals surface area (Å²) in [4.78, 5) is 22.6. The third kappa shape index (κ3) is 2.02. The molecular formula is C11H10ClNO3. The normalized spacial score (nSPS) is 14.5. The molecule has 0 fully saturated rings. The van der Waals surface area contributed by atoms with Gasteiger partial charge < -0.3 is 10.1 Å². The zero-order chi connectivity index (χ0) is 11.7. The van der Waals surface area contributed by atoms with Crippen molar-refractivity contribution in [1.82, 2.24) is 0 Å². The number of halogens is 1. The molecule has 0 radical (unpaired) electrons. The van der Waals surface area contributed by atoms with Crippen LogP contribution in [0.3, 0.4) is 0 Å². The lowest BCUT2D eigenvalue weighted by Crippen LogP contribution is -2.10. The van der Waals surface area contributed by atoms with Crippen LogP contribution in [0.5, 0.6) is 5.75 Å². The fourth-order valence-corrected chi connectivity index (χ4v) is 1.77. The number of Topliss-reactive ketones (excluding diaryl/α,β-unsaturated/α-hetero) is 1. The molecule has 1 aromatic rings. The molecule has 0 aliphatic carbocycles. The summed E-state index contributed by atoms with van der Waals surface area (Å²) in [5.41, 5.74) is 0.912. The number of hydrogen-bond donors (Lipinski definition) is 1. The van der Waals surface area contributed by atoms with E-state index in [2.05, 4.69) is 5.32 Å². The standard InChI is InChI=1S/C11H10ClNO3/c1-6(14)7-4-8(12)11-9(5-7)13-10(15)2-3-16-11/h4-5H,2-3H2,1H3,(H,13,15). The van der Waals surface area contributed by atoms with Crippen LogP contribution in [0, 0.1) is 0 Å². The summed E-state index contributed by atoms with van der Waals surface area (Å²) in [6, 6.07) is 3.12. The van der Waals surface area contributed by atoms with Crippen LogP contribution >= 0.6 is 11.6 Å². The van der Waals surface area contributed by atoms with E-state index < -0.39 is 0 Å². The summed E-state index contributed by atoms with van der Waals surface area (Å²) in [6.45, 7) is 1.73. The number of carbonyl (C=O) groups is 2. The highest BCUT2D eigenvalue weighted by Crippen LogP contribution is 2.36. The summed E-state index contributed by atoms with van der Waals surface area (Å²) in [5, 5.41) is 3.00. The lowest BCUT2D eigenvalue weighted by atomic mass is 10.1. The van der Waals surface area contributed by atoms with E-state index in [0.29, 0.717) is 22.0 Å². The van der Waals surface area contributed by atoms with E-state index in [0.717, 1.165) is 0 Å². The number of benzene rings is 1. The highest BCUT2D eigenvalue weighted by molar-refractivity contribution is 6.33. The maximum absolute atomic E-state index is 11.3. The number of ether oxygens (including phenoxy) is 1. The summed E-state index contributed by atoms with van der Waals surface area (Å²) in [6.07, 6.45) is 0.278. The second kappa shape index (κ2) is 4.14. The smallest absolute Gasteiger partial charge is 0.227 e. The summed E-state index contributed by atoms with van der Waals surface area (Å²) in [5.74, 6) is 0.177. The van der Waals surface area contributed by atoms with E-state index in [1.807, 2.05) is 0 Å². The van der Waals surface area contributed by atoms with Gasteiger partial charge >= 0.3 is 0 Å². The number of amides is 1. The third-order valence-electron chi connectivity index (χ3n) is 2.30. The Bertz CT molecular complexity index is 471. The van der Waals surface area contributed by atoms with Crippen molar-refractivity contribution >= 4 is 29.0 Å². The molecule has 1 heterocycles. The quantitative estimate of drug-likeness (QED) is 0.765. The van der Waals surface area contributed by atoms with E-state index in [1.54, 1.807) is 12.1 Å². The van der Waals surface area contributed by atoms with E-state index in [-0.39, 0.29) is 24.7 Å². The third-order valence-corrected chi connectivity index (χ3v) is 2.58. The lowest BCUT2D eigenvalue weighted by Gasteiger charge is -2.10. The van der Waals surface area contributed by atoms with Gasteiger partial charge in [-0.1, -0.05) is 11.6 Å². The van der Waals surface area contributed by atoms with Crippen molar-refractivity contribution in [2.75, 3.05) is 11.9 Å². The van der Waals surface area contributed by atoms with Crippen LogP contribution in [-0.2, 0) is 4.79 Å².